The molecule has 0 aliphatic rings. The summed E-state index contributed by atoms with van der Waals surface area (Å²) >= 11 is 0. The smallest absolute Gasteiger partial charge is 0.328 e. The lowest BCUT2D eigenvalue weighted by molar-refractivity contribution is -0.155. The fraction of sp³-hybridized carbons (Fsp3) is 0.304. The molecule has 0 saturated heterocycles. The third-order valence-electron chi connectivity index (χ3n) is 15.2. The van der Waals surface area contributed by atoms with Gasteiger partial charge in [-0.25, -0.2) is 19.4 Å². The molecule has 16 nitrogen and oxygen atoms in total. The molecular formula is C69H76N10O6. The molecule has 0 fully saturated rings. The second kappa shape index (κ2) is 29.7. The number of carbonyl (C=O) groups is 4. The van der Waals surface area contributed by atoms with Crippen LogP contribution in [-0.4, -0.2) is 101 Å². The minimum Gasteiger partial charge on any atom is -0.467 e. The predicted octanol–water partition coefficient (Wildman–Crippen LogP) is 12.8. The lowest BCUT2D eigenvalue weighted by Gasteiger charge is -2.36. The SMILES string of the molecule is CCCCC(=O)N(Cc1ccc(-c2ccccc2-c2nnn[nH]2)cc1)[C@H](C(=O)OC)C(C)C.CCCCC(=O)N(Cc1ccc(-c2ccccc2-c2nnnn2C(c2ccccc2)(c2ccccc2)c2ccccc2)cc1)[C@H](C(=O)OC)C(C)C. The summed E-state index contributed by atoms with van der Waals surface area (Å²) < 4.78 is 12.1. The van der Waals surface area contributed by atoms with Gasteiger partial charge in [-0.05, 0) is 95.6 Å². The number of nitrogens with one attached hydrogen (secondary N) is 1. The zero-order chi connectivity index (χ0) is 60.3. The fourth-order valence-corrected chi connectivity index (χ4v) is 11.0. The molecule has 9 rings (SSSR count). The number of amides is 2. The number of hydrogen-bond acceptors (Lipinski definition) is 12. The molecule has 7 aromatic carbocycles. The first-order valence-corrected chi connectivity index (χ1v) is 29.2. The average Bonchev–Trinajstić information content (AvgIpc) is 2.31. The van der Waals surface area contributed by atoms with Gasteiger partial charge in [0.2, 0.25) is 11.8 Å². The molecule has 2 atom stereocenters. The first kappa shape index (κ1) is 61.6. The zero-order valence-corrected chi connectivity index (χ0v) is 49.8. The number of ether oxygens (including phenoxy) is 2. The van der Waals surface area contributed by atoms with Crippen molar-refractivity contribution in [1.82, 2.24) is 50.6 Å². The normalized spacial score (nSPS) is 12.0. The van der Waals surface area contributed by atoms with Crippen LogP contribution in [-0.2, 0) is 47.3 Å². The quantitative estimate of drug-likeness (QED) is 0.0445. The van der Waals surface area contributed by atoms with Gasteiger partial charge in [0.25, 0.3) is 0 Å². The molecule has 16 heteroatoms. The maximum atomic E-state index is 13.5. The van der Waals surface area contributed by atoms with Crippen molar-refractivity contribution in [2.75, 3.05) is 14.2 Å². The summed E-state index contributed by atoms with van der Waals surface area (Å²) in [6.45, 7) is 12.5. The van der Waals surface area contributed by atoms with E-state index >= 15 is 0 Å². The Bertz CT molecular complexity index is 3460. The van der Waals surface area contributed by atoms with E-state index in [2.05, 4.69) is 93.4 Å². The molecule has 0 unspecified atom stereocenters. The number of methoxy groups -OCH3 is 2. The number of unbranched alkanes of at least 4 members (excludes halogenated alkanes) is 2. The zero-order valence-electron chi connectivity index (χ0n) is 49.8. The van der Waals surface area contributed by atoms with Crippen LogP contribution in [0.4, 0.5) is 0 Å². The number of aromatic amines is 1. The summed E-state index contributed by atoms with van der Waals surface area (Å²) in [5.41, 5.74) is 9.73. The number of benzene rings is 7. The monoisotopic (exact) mass is 1140 g/mol. The van der Waals surface area contributed by atoms with E-state index in [9.17, 15) is 19.2 Å². The molecule has 0 saturated carbocycles. The van der Waals surface area contributed by atoms with E-state index in [-0.39, 0.29) is 29.6 Å². The summed E-state index contributed by atoms with van der Waals surface area (Å²) in [5, 5.41) is 27.9. The van der Waals surface area contributed by atoms with Gasteiger partial charge in [0, 0.05) is 37.1 Å². The highest BCUT2D eigenvalue weighted by Crippen LogP contribution is 2.43. The van der Waals surface area contributed by atoms with Crippen molar-refractivity contribution >= 4 is 23.8 Å². The van der Waals surface area contributed by atoms with Gasteiger partial charge in [0.1, 0.15) is 17.6 Å². The maximum absolute atomic E-state index is 13.5. The summed E-state index contributed by atoms with van der Waals surface area (Å²) in [5.74, 6) is 0.164. The fourth-order valence-electron chi connectivity index (χ4n) is 11.0. The van der Waals surface area contributed by atoms with Gasteiger partial charge in [-0.3, -0.25) is 9.59 Å². The van der Waals surface area contributed by atoms with Crippen molar-refractivity contribution < 1.29 is 28.7 Å². The number of rotatable bonds is 24. The number of H-pyrrole nitrogens is 1. The molecule has 0 radical (unpaired) electrons. The minimum atomic E-state index is -0.889. The molecule has 0 aliphatic carbocycles. The second-order valence-electron chi connectivity index (χ2n) is 21.6. The first-order valence-electron chi connectivity index (χ1n) is 29.2. The van der Waals surface area contributed by atoms with Gasteiger partial charge in [0.05, 0.1) is 14.2 Å². The third kappa shape index (κ3) is 14.3. The molecule has 1 N–H and O–H groups in total. The summed E-state index contributed by atoms with van der Waals surface area (Å²) in [6.07, 6.45) is 4.15. The van der Waals surface area contributed by atoms with Crippen molar-refractivity contribution in [2.45, 2.75) is 111 Å². The van der Waals surface area contributed by atoms with Crippen LogP contribution in [0.2, 0.25) is 0 Å². The molecule has 2 aromatic heterocycles. The average molecular weight is 1140 g/mol. The first-order chi connectivity index (χ1) is 41.3. The lowest BCUT2D eigenvalue weighted by Crippen LogP contribution is -2.48. The van der Waals surface area contributed by atoms with E-state index in [4.69, 9.17) is 19.8 Å². The molecule has 9 aromatic rings. The number of esters is 2. The highest BCUT2D eigenvalue weighted by molar-refractivity contribution is 5.86. The van der Waals surface area contributed by atoms with Crippen molar-refractivity contribution in [3.8, 4) is 45.0 Å². The van der Waals surface area contributed by atoms with Gasteiger partial charge in [-0.2, -0.15) is 0 Å². The van der Waals surface area contributed by atoms with Crippen LogP contribution in [0.3, 0.4) is 0 Å². The molecule has 438 valence electrons. The lowest BCUT2D eigenvalue weighted by atomic mass is 9.77. The van der Waals surface area contributed by atoms with E-state index in [1.54, 1.807) is 9.80 Å². The van der Waals surface area contributed by atoms with Crippen LogP contribution < -0.4 is 0 Å². The molecule has 2 heterocycles. The summed E-state index contributed by atoms with van der Waals surface area (Å²) in [7, 11) is 2.74. The number of tetrazole rings is 2. The predicted molar refractivity (Wildman–Crippen MR) is 330 cm³/mol. The Kier molecular flexibility index (Phi) is 21.5. The topological polar surface area (TPSA) is 191 Å². The van der Waals surface area contributed by atoms with Gasteiger partial charge in [-0.15, -0.1) is 10.2 Å². The highest BCUT2D eigenvalue weighted by Gasteiger charge is 2.42. The standard InChI is InChI=1S/C44H45N5O3.C25H31N5O3/c1-5-6-26-40(50)48(41(32(2)3)43(51)52-4)31-33-27-29-34(30-28-33)38-24-16-17-25-39(38)42-45-46-47-49(42)44(35-18-10-7-11-19-35,36-20-12-8-13-21-36)37-22-14-9-15-23-37;1-5-6-11-22(31)30(23(17(2)3)25(32)33-4)16-18-12-14-19(15-13-18)20-9-7-8-10-21(20)24-26-28-29-27-24/h7-25,27-30,32,41H,5-6,26,31H2,1-4H3;7-10,12-15,17,23H,5-6,11,16H2,1-4H3,(H,26,27,28,29)/t41-;23-/m00/s1. The summed E-state index contributed by atoms with van der Waals surface area (Å²) in [6, 6.07) is 61.9. The molecule has 85 heavy (non-hydrogen) atoms. The highest BCUT2D eigenvalue weighted by atomic mass is 16.5. The van der Waals surface area contributed by atoms with Crippen LogP contribution in [0.5, 0.6) is 0 Å². The van der Waals surface area contributed by atoms with E-state index in [0.717, 1.165) is 86.9 Å². The van der Waals surface area contributed by atoms with E-state index in [1.165, 1.54) is 14.2 Å². The van der Waals surface area contributed by atoms with Crippen LogP contribution >= 0.6 is 0 Å². The Balaban J connectivity index is 0.000000245. The van der Waals surface area contributed by atoms with Crippen LogP contribution in [0.25, 0.3) is 45.0 Å². The Hall–Kier alpha value is -9.44. The van der Waals surface area contributed by atoms with Crippen LogP contribution in [0, 0.1) is 11.8 Å². The Labute approximate surface area is 498 Å². The number of hydrogen-bond donors (Lipinski definition) is 1. The van der Waals surface area contributed by atoms with Gasteiger partial charge < -0.3 is 19.3 Å². The van der Waals surface area contributed by atoms with Crippen LogP contribution in [0.1, 0.15) is 108 Å². The number of carbonyl (C=O) groups excluding carboxylic acids is 4. The van der Waals surface area contributed by atoms with Gasteiger partial charge in [0.15, 0.2) is 11.6 Å². The third-order valence-corrected chi connectivity index (χ3v) is 15.2. The largest absolute Gasteiger partial charge is 0.467 e. The van der Waals surface area contributed by atoms with Gasteiger partial charge in [-0.1, -0.05) is 242 Å². The molecule has 0 bridgehead atoms. The number of nitrogens with zero attached hydrogens (tertiary/aromatic N) is 9. The van der Waals surface area contributed by atoms with Crippen molar-refractivity contribution in [1.29, 1.82) is 0 Å². The van der Waals surface area contributed by atoms with Crippen molar-refractivity contribution in [2.24, 2.45) is 11.8 Å². The van der Waals surface area contributed by atoms with Crippen molar-refractivity contribution in [3.63, 3.8) is 0 Å². The molecular weight excluding hydrogens is 1060 g/mol. The Morgan fingerprint density at radius 2 is 0.882 bits per heavy atom. The Morgan fingerprint density at radius 3 is 1.26 bits per heavy atom. The second-order valence-corrected chi connectivity index (χ2v) is 21.6. The van der Waals surface area contributed by atoms with E-state index in [0.29, 0.717) is 37.6 Å². The summed E-state index contributed by atoms with van der Waals surface area (Å²) in [4.78, 5) is 55.2. The van der Waals surface area contributed by atoms with Crippen molar-refractivity contribution in [3.05, 3.63) is 216 Å². The van der Waals surface area contributed by atoms with E-state index in [1.807, 2.05) is 167 Å². The number of aromatic nitrogens is 8. The van der Waals surface area contributed by atoms with Gasteiger partial charge >= 0.3 is 11.9 Å². The molecule has 2 amide bonds. The van der Waals surface area contributed by atoms with Crippen LogP contribution in [0.15, 0.2) is 188 Å². The maximum Gasteiger partial charge on any atom is 0.328 e. The molecule has 0 spiro atoms. The minimum absolute atomic E-state index is 0.0341. The van der Waals surface area contributed by atoms with E-state index < -0.39 is 23.6 Å². The molecule has 0 aliphatic heterocycles. The Morgan fingerprint density at radius 1 is 0.494 bits per heavy atom.